The fraction of sp³-hybridized carbons (Fsp3) is 0.682. The summed E-state index contributed by atoms with van der Waals surface area (Å²) in [5.74, 6) is 1.17. The van der Waals surface area contributed by atoms with Gasteiger partial charge in [-0.05, 0) is 58.5 Å². The van der Waals surface area contributed by atoms with Crippen LogP contribution in [-0.4, -0.2) is 87.8 Å². The summed E-state index contributed by atoms with van der Waals surface area (Å²) < 4.78 is 2.35. The normalized spacial score (nSPS) is 23.6. The van der Waals surface area contributed by atoms with Crippen LogP contribution in [0.1, 0.15) is 32.0 Å². The van der Waals surface area contributed by atoms with Gasteiger partial charge in [-0.2, -0.15) is 0 Å². The van der Waals surface area contributed by atoms with Gasteiger partial charge in [0.05, 0.1) is 17.6 Å². The largest absolute Gasteiger partial charge is 0.396 e. The van der Waals surface area contributed by atoms with E-state index in [2.05, 4.69) is 57.5 Å². The van der Waals surface area contributed by atoms with E-state index < -0.39 is 0 Å². The van der Waals surface area contributed by atoms with Crippen LogP contribution in [0.25, 0.3) is 11.0 Å². The van der Waals surface area contributed by atoms with E-state index in [-0.39, 0.29) is 6.61 Å². The molecule has 28 heavy (non-hydrogen) atoms. The highest BCUT2D eigenvalue weighted by Gasteiger charge is 2.33. The number of rotatable bonds is 6. The SMILES string of the molecule is CCn1c(CN2CCN(C3CCN(C)CC3)[C@H](CCO)C2)nc2ccccc21. The number of piperazine rings is 1. The average molecular weight is 386 g/mol. The molecule has 0 unspecified atom stereocenters. The summed E-state index contributed by atoms with van der Waals surface area (Å²) in [5, 5.41) is 9.66. The number of fused-ring (bicyclic) bond motifs is 1. The van der Waals surface area contributed by atoms with E-state index in [1.54, 1.807) is 0 Å². The number of piperidine rings is 1. The Balaban J connectivity index is 1.46. The third-order valence-corrected chi connectivity index (χ3v) is 6.65. The van der Waals surface area contributed by atoms with Crippen LogP contribution in [0.2, 0.25) is 0 Å². The molecule has 2 aromatic rings. The van der Waals surface area contributed by atoms with Crippen molar-refractivity contribution in [3.05, 3.63) is 30.1 Å². The number of nitrogens with zero attached hydrogens (tertiary/aromatic N) is 5. The van der Waals surface area contributed by atoms with Gasteiger partial charge in [-0.25, -0.2) is 4.98 Å². The number of imidazole rings is 1. The van der Waals surface area contributed by atoms with E-state index in [1.165, 1.54) is 37.3 Å². The van der Waals surface area contributed by atoms with E-state index >= 15 is 0 Å². The average Bonchev–Trinajstić information content (AvgIpc) is 3.06. The van der Waals surface area contributed by atoms with Gasteiger partial charge in [0.25, 0.3) is 0 Å². The Kier molecular flexibility index (Phi) is 6.31. The maximum absolute atomic E-state index is 9.66. The molecule has 1 atom stereocenters. The summed E-state index contributed by atoms with van der Waals surface area (Å²) in [4.78, 5) is 12.6. The number of aryl methyl sites for hydroxylation is 1. The Labute approximate surface area is 168 Å². The van der Waals surface area contributed by atoms with Crippen LogP contribution < -0.4 is 0 Å². The van der Waals surface area contributed by atoms with Gasteiger partial charge in [-0.1, -0.05) is 12.1 Å². The predicted molar refractivity (Wildman–Crippen MR) is 113 cm³/mol. The third-order valence-electron chi connectivity index (χ3n) is 6.65. The first-order valence-electron chi connectivity index (χ1n) is 10.9. The number of likely N-dealkylation sites (tertiary alicyclic amines) is 1. The summed E-state index contributed by atoms with van der Waals surface area (Å²) in [5.41, 5.74) is 2.33. The lowest BCUT2D eigenvalue weighted by Gasteiger charge is -2.47. The summed E-state index contributed by atoms with van der Waals surface area (Å²) in [6, 6.07) is 9.56. The first-order valence-corrected chi connectivity index (χ1v) is 10.9. The molecule has 1 N–H and O–H groups in total. The van der Waals surface area contributed by atoms with Gasteiger partial charge in [0.15, 0.2) is 0 Å². The minimum atomic E-state index is 0.273. The molecule has 0 bridgehead atoms. The van der Waals surface area contributed by atoms with Crippen molar-refractivity contribution in [2.24, 2.45) is 0 Å². The lowest BCUT2D eigenvalue weighted by molar-refractivity contribution is 0.00503. The Bertz CT molecular complexity index is 767. The zero-order valence-corrected chi connectivity index (χ0v) is 17.4. The molecule has 6 nitrogen and oxygen atoms in total. The molecule has 4 rings (SSSR count). The number of aromatic nitrogens is 2. The summed E-state index contributed by atoms with van der Waals surface area (Å²) >= 11 is 0. The fourth-order valence-corrected chi connectivity index (χ4v) is 5.09. The highest BCUT2D eigenvalue weighted by molar-refractivity contribution is 5.75. The molecule has 2 aliphatic rings. The summed E-state index contributed by atoms with van der Waals surface area (Å²) in [6.07, 6.45) is 3.38. The van der Waals surface area contributed by atoms with Gasteiger partial charge in [-0.3, -0.25) is 9.80 Å². The Morgan fingerprint density at radius 1 is 1.11 bits per heavy atom. The lowest BCUT2D eigenvalue weighted by Crippen LogP contribution is -2.58. The van der Waals surface area contributed by atoms with Crippen molar-refractivity contribution in [1.82, 2.24) is 24.3 Å². The summed E-state index contributed by atoms with van der Waals surface area (Å²) in [6.45, 7) is 9.91. The zero-order chi connectivity index (χ0) is 19.5. The van der Waals surface area contributed by atoms with E-state index in [9.17, 15) is 5.11 Å². The van der Waals surface area contributed by atoms with Crippen molar-refractivity contribution >= 4 is 11.0 Å². The number of hydrogen-bond acceptors (Lipinski definition) is 5. The fourth-order valence-electron chi connectivity index (χ4n) is 5.09. The van der Waals surface area contributed by atoms with Crippen LogP contribution in [0, 0.1) is 0 Å². The lowest BCUT2D eigenvalue weighted by atomic mass is 9.98. The molecule has 0 aliphatic carbocycles. The second-order valence-corrected chi connectivity index (χ2v) is 8.43. The van der Waals surface area contributed by atoms with Gasteiger partial charge in [0.1, 0.15) is 5.82 Å². The number of hydrogen-bond donors (Lipinski definition) is 1. The van der Waals surface area contributed by atoms with Crippen LogP contribution in [0.3, 0.4) is 0 Å². The highest BCUT2D eigenvalue weighted by Crippen LogP contribution is 2.24. The van der Waals surface area contributed by atoms with Gasteiger partial charge in [0.2, 0.25) is 0 Å². The first-order chi connectivity index (χ1) is 13.7. The minimum absolute atomic E-state index is 0.273. The molecule has 1 aromatic heterocycles. The number of aliphatic hydroxyl groups excluding tert-OH is 1. The topological polar surface area (TPSA) is 47.8 Å². The predicted octanol–water partition coefficient (Wildman–Crippen LogP) is 2.02. The number of aliphatic hydroxyl groups is 1. The highest BCUT2D eigenvalue weighted by atomic mass is 16.3. The molecule has 2 aliphatic heterocycles. The molecular weight excluding hydrogens is 350 g/mol. The molecule has 0 saturated carbocycles. The van der Waals surface area contributed by atoms with E-state index in [1.807, 2.05) is 0 Å². The minimum Gasteiger partial charge on any atom is -0.396 e. The number of benzene rings is 1. The van der Waals surface area contributed by atoms with E-state index in [0.717, 1.165) is 44.7 Å². The second-order valence-electron chi connectivity index (χ2n) is 8.43. The number of para-hydroxylation sites is 2. The third kappa shape index (κ3) is 4.10. The first kappa shape index (κ1) is 19.8. The maximum atomic E-state index is 9.66. The maximum Gasteiger partial charge on any atom is 0.124 e. The molecule has 154 valence electrons. The van der Waals surface area contributed by atoms with Gasteiger partial charge >= 0.3 is 0 Å². The van der Waals surface area contributed by atoms with Crippen molar-refractivity contribution in [3.8, 4) is 0 Å². The van der Waals surface area contributed by atoms with Gasteiger partial charge in [0, 0.05) is 44.9 Å². The van der Waals surface area contributed by atoms with Crippen molar-refractivity contribution in [3.63, 3.8) is 0 Å². The smallest absolute Gasteiger partial charge is 0.124 e. The molecular formula is C22H35N5O. The molecule has 0 amide bonds. The molecule has 2 fully saturated rings. The second kappa shape index (κ2) is 8.91. The van der Waals surface area contributed by atoms with E-state index in [0.29, 0.717) is 12.1 Å². The molecule has 3 heterocycles. The van der Waals surface area contributed by atoms with Crippen molar-refractivity contribution in [1.29, 1.82) is 0 Å². The monoisotopic (exact) mass is 385 g/mol. The molecule has 0 radical (unpaired) electrons. The Hall–Kier alpha value is -1.47. The van der Waals surface area contributed by atoms with Gasteiger partial charge in [-0.15, -0.1) is 0 Å². The standard InChI is InChI=1S/C22H35N5O/c1-3-26-21-7-5-4-6-20(21)23-22(26)17-25-13-14-27(19(16-25)10-15-28)18-8-11-24(2)12-9-18/h4-7,18-19,28H,3,8-17H2,1-2H3/t19-/m1/s1. The Morgan fingerprint density at radius 3 is 2.64 bits per heavy atom. The quantitative estimate of drug-likeness (QED) is 0.824. The van der Waals surface area contributed by atoms with Crippen molar-refractivity contribution in [2.45, 2.75) is 51.4 Å². The molecule has 2 saturated heterocycles. The summed E-state index contributed by atoms with van der Waals surface area (Å²) in [7, 11) is 2.22. The Morgan fingerprint density at radius 2 is 1.89 bits per heavy atom. The van der Waals surface area contributed by atoms with Gasteiger partial charge < -0.3 is 14.6 Å². The molecule has 0 spiro atoms. The molecule has 6 heteroatoms. The van der Waals surface area contributed by atoms with E-state index in [4.69, 9.17) is 4.98 Å². The van der Waals surface area contributed by atoms with Crippen LogP contribution in [0.4, 0.5) is 0 Å². The zero-order valence-electron chi connectivity index (χ0n) is 17.4. The van der Waals surface area contributed by atoms with Crippen LogP contribution >= 0.6 is 0 Å². The van der Waals surface area contributed by atoms with Crippen molar-refractivity contribution < 1.29 is 5.11 Å². The van der Waals surface area contributed by atoms with Crippen LogP contribution in [0.15, 0.2) is 24.3 Å². The molecule has 1 aromatic carbocycles. The van der Waals surface area contributed by atoms with Crippen LogP contribution in [0.5, 0.6) is 0 Å². The van der Waals surface area contributed by atoms with Crippen LogP contribution in [-0.2, 0) is 13.1 Å². The van der Waals surface area contributed by atoms with Crippen molar-refractivity contribution in [2.75, 3.05) is 46.4 Å².